The molecule has 2 atom stereocenters. The Balaban J connectivity index is 1.66. The molecule has 176 valence electrons. The van der Waals surface area contributed by atoms with Gasteiger partial charge in [-0.2, -0.15) is 4.98 Å². The lowest BCUT2D eigenvalue weighted by Gasteiger charge is -2.30. The van der Waals surface area contributed by atoms with Crippen LogP contribution >= 0.6 is 0 Å². The molecule has 2 aromatic rings. The molecule has 2 aromatic heterocycles. The van der Waals surface area contributed by atoms with Crippen LogP contribution in [0, 0.1) is 5.92 Å². The van der Waals surface area contributed by atoms with Crippen LogP contribution in [0.4, 0.5) is 14.7 Å². The molecule has 8 nitrogen and oxygen atoms in total. The second kappa shape index (κ2) is 9.01. The Labute approximate surface area is 186 Å². The van der Waals surface area contributed by atoms with E-state index in [-0.39, 0.29) is 23.6 Å². The summed E-state index contributed by atoms with van der Waals surface area (Å²) < 4.78 is 52.6. The van der Waals surface area contributed by atoms with Gasteiger partial charge in [-0.05, 0) is 37.7 Å². The molecule has 1 saturated heterocycles. The maximum atomic E-state index is 13.2. The van der Waals surface area contributed by atoms with Crippen molar-refractivity contribution in [1.82, 2.24) is 18.8 Å². The normalized spacial score (nSPS) is 23.3. The number of aromatic nitrogens is 3. The third-order valence-corrected chi connectivity index (χ3v) is 7.93. The molecule has 3 heterocycles. The van der Waals surface area contributed by atoms with E-state index >= 15 is 0 Å². The van der Waals surface area contributed by atoms with Gasteiger partial charge < -0.3 is 5.32 Å². The van der Waals surface area contributed by atoms with Crippen LogP contribution in [0.5, 0.6) is 0 Å². The molecule has 1 aliphatic carbocycles. The van der Waals surface area contributed by atoms with Gasteiger partial charge in [0, 0.05) is 48.7 Å². The van der Waals surface area contributed by atoms with E-state index in [1.807, 2.05) is 0 Å². The topological polar surface area (TPSA) is 97.2 Å². The van der Waals surface area contributed by atoms with Crippen molar-refractivity contribution in [2.24, 2.45) is 5.92 Å². The summed E-state index contributed by atoms with van der Waals surface area (Å²) in [6.07, 6.45) is 3.59. The third-order valence-electron chi connectivity index (χ3n) is 6.63. The molecule has 0 radical (unpaired) electrons. The highest BCUT2D eigenvalue weighted by atomic mass is 32.2. The van der Waals surface area contributed by atoms with Crippen LogP contribution in [0.1, 0.15) is 50.6 Å². The minimum atomic E-state index is -3.21. The molecule has 1 aliphatic heterocycles. The van der Waals surface area contributed by atoms with Crippen molar-refractivity contribution in [3.05, 3.63) is 28.2 Å². The van der Waals surface area contributed by atoms with Crippen molar-refractivity contribution in [2.45, 2.75) is 64.0 Å². The Morgan fingerprint density at radius 2 is 1.94 bits per heavy atom. The first-order valence-corrected chi connectivity index (χ1v) is 12.9. The summed E-state index contributed by atoms with van der Waals surface area (Å²) in [6.45, 7) is 2.92. The summed E-state index contributed by atoms with van der Waals surface area (Å²) in [5.41, 5.74) is 0.143. The van der Waals surface area contributed by atoms with Gasteiger partial charge in [-0.25, -0.2) is 26.5 Å². The molecule has 32 heavy (non-hydrogen) atoms. The van der Waals surface area contributed by atoms with Gasteiger partial charge in [0.15, 0.2) is 0 Å². The van der Waals surface area contributed by atoms with E-state index in [2.05, 4.69) is 22.2 Å². The second-order valence-corrected chi connectivity index (χ2v) is 11.0. The minimum absolute atomic E-state index is 0.00846. The molecule has 0 unspecified atom stereocenters. The van der Waals surface area contributed by atoms with Crippen molar-refractivity contribution in [1.29, 1.82) is 0 Å². The lowest BCUT2D eigenvalue weighted by molar-refractivity contribution is 0.148. The lowest BCUT2D eigenvalue weighted by Crippen LogP contribution is -2.42. The predicted octanol–water partition coefficient (Wildman–Crippen LogP) is 2.80. The molecule has 2 fully saturated rings. The highest BCUT2D eigenvalue weighted by molar-refractivity contribution is 7.88. The maximum Gasteiger partial charge on any atom is 0.255 e. The summed E-state index contributed by atoms with van der Waals surface area (Å²) in [7, 11) is -3.21. The van der Waals surface area contributed by atoms with E-state index in [1.54, 1.807) is 10.8 Å². The quantitative estimate of drug-likeness (QED) is 0.699. The van der Waals surface area contributed by atoms with Crippen LogP contribution in [0.25, 0.3) is 11.0 Å². The average molecular weight is 470 g/mol. The zero-order valence-corrected chi connectivity index (χ0v) is 19.1. The number of rotatable bonds is 6. The molecule has 11 heteroatoms. The fourth-order valence-electron chi connectivity index (χ4n) is 4.89. The van der Waals surface area contributed by atoms with E-state index in [0.29, 0.717) is 42.9 Å². The number of alkyl halides is 2. The van der Waals surface area contributed by atoms with Gasteiger partial charge in [-0.1, -0.05) is 13.3 Å². The van der Waals surface area contributed by atoms with Crippen LogP contribution in [-0.2, 0) is 16.4 Å². The van der Waals surface area contributed by atoms with Gasteiger partial charge in [0.05, 0.1) is 6.26 Å². The summed E-state index contributed by atoms with van der Waals surface area (Å²) in [4.78, 5) is 22.1. The highest BCUT2D eigenvalue weighted by Gasteiger charge is 2.29. The number of nitrogens with one attached hydrogen (secondary N) is 1. The van der Waals surface area contributed by atoms with Gasteiger partial charge in [0.25, 0.3) is 5.56 Å². The highest BCUT2D eigenvalue weighted by Crippen LogP contribution is 2.36. The fraction of sp³-hybridized carbons (Fsp3) is 0.667. The number of hydrogen-bond donors (Lipinski definition) is 1. The number of pyridine rings is 1. The van der Waals surface area contributed by atoms with Crippen LogP contribution in [-0.4, -0.2) is 59.1 Å². The number of fused-ring (bicyclic) bond motifs is 1. The smallest absolute Gasteiger partial charge is 0.255 e. The fourth-order valence-corrected chi connectivity index (χ4v) is 5.76. The minimum Gasteiger partial charge on any atom is -0.351 e. The second-order valence-electron chi connectivity index (χ2n) is 8.97. The Hall–Kier alpha value is -2.14. The number of sulfonamides is 1. The molecule has 1 N–H and O–H groups in total. The van der Waals surface area contributed by atoms with Gasteiger partial charge in [-0.15, -0.1) is 0 Å². The van der Waals surface area contributed by atoms with Crippen molar-refractivity contribution in [3.8, 4) is 0 Å². The number of hydrogen-bond acceptors (Lipinski definition) is 6. The largest absolute Gasteiger partial charge is 0.351 e. The average Bonchev–Trinajstić information content (AvgIpc) is 3.14. The van der Waals surface area contributed by atoms with E-state index < -0.39 is 28.4 Å². The molecule has 1 saturated carbocycles. The predicted molar refractivity (Wildman–Crippen MR) is 119 cm³/mol. The zero-order chi connectivity index (χ0) is 23.0. The van der Waals surface area contributed by atoms with Gasteiger partial charge in [0.1, 0.15) is 5.65 Å². The van der Waals surface area contributed by atoms with Gasteiger partial charge >= 0.3 is 0 Å². The Kier molecular flexibility index (Phi) is 6.49. The number of piperidine rings is 1. The molecular weight excluding hydrogens is 440 g/mol. The standard InChI is InChI=1S/C21H29F2N5O3S/c1-13-4-3-5-17(13)28-19-15(10-14(20(28)29)11-18(22)23)12-24-21(26-19)25-16-6-8-27(9-7-16)32(2,30)31/h10,12-13,16-18H,3-9,11H2,1-2H3,(H,24,25,26)/t13-,17-/m1/s1. The number of nitrogens with zero attached hydrogens (tertiary/aromatic N) is 4. The lowest BCUT2D eigenvalue weighted by atomic mass is 10.0. The van der Waals surface area contributed by atoms with Gasteiger partial charge in [0.2, 0.25) is 22.4 Å². The van der Waals surface area contributed by atoms with E-state index in [9.17, 15) is 22.0 Å². The molecule has 4 rings (SSSR count). The van der Waals surface area contributed by atoms with Crippen LogP contribution in [0.3, 0.4) is 0 Å². The summed E-state index contributed by atoms with van der Waals surface area (Å²) >= 11 is 0. The third kappa shape index (κ3) is 4.78. The first-order chi connectivity index (χ1) is 15.1. The van der Waals surface area contributed by atoms with Crippen LogP contribution in [0.2, 0.25) is 0 Å². The van der Waals surface area contributed by atoms with Crippen molar-refractivity contribution < 1.29 is 17.2 Å². The SMILES string of the molecule is C[C@@H]1CCC[C@H]1n1c(=O)c(CC(F)F)cc2cnc(NC3CCN(S(C)(=O)=O)CC3)nc21. The summed E-state index contributed by atoms with van der Waals surface area (Å²) in [5.74, 6) is 0.611. The van der Waals surface area contributed by atoms with Crippen molar-refractivity contribution in [2.75, 3.05) is 24.7 Å². The molecule has 0 spiro atoms. The molecule has 2 aliphatic rings. The summed E-state index contributed by atoms with van der Waals surface area (Å²) in [5, 5.41) is 3.83. The zero-order valence-electron chi connectivity index (χ0n) is 18.3. The van der Waals surface area contributed by atoms with Crippen LogP contribution in [0.15, 0.2) is 17.1 Å². The first kappa shape index (κ1) is 23.0. The molecule has 0 aromatic carbocycles. The number of anilines is 1. The maximum absolute atomic E-state index is 13.2. The van der Waals surface area contributed by atoms with Gasteiger partial charge in [-0.3, -0.25) is 9.36 Å². The van der Waals surface area contributed by atoms with E-state index in [1.165, 1.54) is 16.6 Å². The Morgan fingerprint density at radius 3 is 2.53 bits per heavy atom. The van der Waals surface area contributed by atoms with E-state index in [0.717, 1.165) is 19.3 Å². The molecule has 0 bridgehead atoms. The number of halogens is 2. The summed E-state index contributed by atoms with van der Waals surface area (Å²) in [6, 6.07) is 1.41. The van der Waals surface area contributed by atoms with Crippen molar-refractivity contribution >= 4 is 27.0 Å². The monoisotopic (exact) mass is 469 g/mol. The molecular formula is C21H29F2N5O3S. The van der Waals surface area contributed by atoms with Crippen LogP contribution < -0.4 is 10.9 Å². The first-order valence-electron chi connectivity index (χ1n) is 11.0. The van der Waals surface area contributed by atoms with E-state index in [4.69, 9.17) is 0 Å². The van der Waals surface area contributed by atoms with Crippen molar-refractivity contribution in [3.63, 3.8) is 0 Å². The Bertz CT molecular complexity index is 1150. The molecule has 0 amide bonds. The Morgan fingerprint density at radius 1 is 1.22 bits per heavy atom.